The van der Waals surface area contributed by atoms with E-state index in [1.165, 1.54) is 0 Å². The molecule has 106 valence electrons. The van der Waals surface area contributed by atoms with E-state index in [1.807, 2.05) is 7.05 Å². The Bertz CT molecular complexity index is 238. The van der Waals surface area contributed by atoms with E-state index in [9.17, 15) is 5.11 Å². The predicted molar refractivity (Wildman–Crippen MR) is 72.3 cm³/mol. The fraction of sp³-hybridized carbons (Fsp3) is 0.846. The highest BCUT2D eigenvalue weighted by atomic mass is 16.5. The Balaban J connectivity index is 3.30. The van der Waals surface area contributed by atoms with Crippen LogP contribution in [-0.2, 0) is 9.47 Å². The van der Waals surface area contributed by atoms with Gasteiger partial charge >= 0.3 is 0 Å². The number of ether oxygens (including phenoxy) is 2. The highest BCUT2D eigenvalue weighted by Gasteiger charge is 2.01. The van der Waals surface area contributed by atoms with Gasteiger partial charge in [0.05, 0.1) is 19.8 Å². The summed E-state index contributed by atoms with van der Waals surface area (Å²) in [5.74, 6) is 5.27. The van der Waals surface area contributed by atoms with Crippen molar-refractivity contribution in [1.29, 1.82) is 0 Å². The Morgan fingerprint density at radius 1 is 1.22 bits per heavy atom. The Morgan fingerprint density at radius 3 is 2.50 bits per heavy atom. The number of hydrogen-bond donors (Lipinski definition) is 2. The first-order chi connectivity index (χ1) is 8.70. The largest absolute Gasteiger partial charge is 0.380 e. The number of nitrogens with zero attached hydrogens (tertiary/aromatic N) is 1. The van der Waals surface area contributed by atoms with E-state index in [-0.39, 0.29) is 6.61 Å². The van der Waals surface area contributed by atoms with Crippen LogP contribution in [-0.4, -0.2) is 69.2 Å². The highest BCUT2D eigenvalue weighted by molar-refractivity contribution is 5.01. The molecule has 0 aliphatic rings. The fourth-order valence-electron chi connectivity index (χ4n) is 1.24. The minimum atomic E-state index is -0.681. The summed E-state index contributed by atoms with van der Waals surface area (Å²) in [5.41, 5.74) is 5.36. The number of aliphatic hydroxyl groups is 1. The molecule has 0 radical (unpaired) electrons. The van der Waals surface area contributed by atoms with Crippen molar-refractivity contribution in [2.24, 2.45) is 5.73 Å². The van der Waals surface area contributed by atoms with Crippen LogP contribution in [0.25, 0.3) is 0 Å². The molecule has 0 spiro atoms. The third-order valence-corrected chi connectivity index (χ3v) is 2.31. The Morgan fingerprint density at radius 2 is 1.89 bits per heavy atom. The van der Waals surface area contributed by atoms with Gasteiger partial charge in [-0.3, -0.25) is 0 Å². The van der Waals surface area contributed by atoms with E-state index in [2.05, 4.69) is 16.7 Å². The average molecular weight is 258 g/mol. The second-order valence-corrected chi connectivity index (χ2v) is 4.04. The molecule has 0 aromatic carbocycles. The van der Waals surface area contributed by atoms with E-state index < -0.39 is 6.10 Å². The molecule has 0 saturated carbocycles. The van der Waals surface area contributed by atoms with Crippen molar-refractivity contribution in [1.82, 2.24) is 4.90 Å². The number of likely N-dealkylation sites (N-methyl/N-ethyl adjacent to an activating group) is 1. The van der Waals surface area contributed by atoms with Crippen LogP contribution in [0.2, 0.25) is 0 Å². The van der Waals surface area contributed by atoms with E-state index in [0.29, 0.717) is 19.8 Å². The van der Waals surface area contributed by atoms with Crippen LogP contribution in [0.3, 0.4) is 0 Å². The minimum Gasteiger partial charge on any atom is -0.380 e. The van der Waals surface area contributed by atoms with Gasteiger partial charge in [-0.2, -0.15) is 0 Å². The maximum atomic E-state index is 9.30. The molecule has 0 aromatic heterocycles. The van der Waals surface area contributed by atoms with Crippen molar-refractivity contribution in [3.63, 3.8) is 0 Å². The fourth-order valence-corrected chi connectivity index (χ4v) is 1.24. The zero-order chi connectivity index (χ0) is 13.6. The van der Waals surface area contributed by atoms with E-state index in [4.69, 9.17) is 15.2 Å². The molecule has 0 heterocycles. The summed E-state index contributed by atoms with van der Waals surface area (Å²) >= 11 is 0. The summed E-state index contributed by atoms with van der Waals surface area (Å²) in [5, 5.41) is 9.30. The van der Waals surface area contributed by atoms with Crippen LogP contribution in [0.5, 0.6) is 0 Å². The average Bonchev–Trinajstić information content (AvgIpc) is 2.35. The third kappa shape index (κ3) is 11.8. The normalized spacial score (nSPS) is 12.3. The van der Waals surface area contributed by atoms with Crippen molar-refractivity contribution >= 4 is 0 Å². The van der Waals surface area contributed by atoms with Crippen LogP contribution in [0.15, 0.2) is 0 Å². The molecule has 0 aliphatic carbocycles. The second-order valence-electron chi connectivity index (χ2n) is 4.04. The lowest BCUT2D eigenvalue weighted by molar-refractivity contribution is 0.0475. The summed E-state index contributed by atoms with van der Waals surface area (Å²) in [6.07, 6.45) is 0.225. The number of aliphatic hydroxyl groups excluding tert-OH is 1. The smallest absolute Gasteiger partial charge is 0.137 e. The van der Waals surface area contributed by atoms with E-state index in [1.54, 1.807) is 6.92 Å². The van der Waals surface area contributed by atoms with Crippen LogP contribution in [0.1, 0.15) is 13.3 Å². The maximum Gasteiger partial charge on any atom is 0.137 e. The van der Waals surface area contributed by atoms with Crippen LogP contribution < -0.4 is 5.73 Å². The van der Waals surface area contributed by atoms with Crippen molar-refractivity contribution in [2.45, 2.75) is 19.4 Å². The van der Waals surface area contributed by atoms with Gasteiger partial charge in [-0.15, -0.1) is 5.92 Å². The summed E-state index contributed by atoms with van der Waals surface area (Å²) < 4.78 is 10.7. The van der Waals surface area contributed by atoms with Gasteiger partial charge < -0.3 is 25.2 Å². The monoisotopic (exact) mass is 258 g/mol. The number of nitrogens with two attached hydrogens (primary N) is 1. The van der Waals surface area contributed by atoms with Crippen molar-refractivity contribution < 1.29 is 14.6 Å². The van der Waals surface area contributed by atoms with Crippen molar-refractivity contribution in [3.8, 4) is 11.8 Å². The van der Waals surface area contributed by atoms with Gasteiger partial charge in [0.15, 0.2) is 0 Å². The first kappa shape index (κ1) is 17.4. The van der Waals surface area contributed by atoms with E-state index >= 15 is 0 Å². The first-order valence-corrected chi connectivity index (χ1v) is 6.35. The second kappa shape index (κ2) is 12.8. The summed E-state index contributed by atoms with van der Waals surface area (Å²) in [6.45, 7) is 6.33. The van der Waals surface area contributed by atoms with Gasteiger partial charge in [-0.25, -0.2) is 0 Å². The molecular weight excluding hydrogens is 232 g/mol. The molecular formula is C13H26N2O3. The van der Waals surface area contributed by atoms with Gasteiger partial charge in [0.2, 0.25) is 0 Å². The zero-order valence-electron chi connectivity index (χ0n) is 11.5. The third-order valence-electron chi connectivity index (χ3n) is 2.31. The highest BCUT2D eigenvalue weighted by Crippen LogP contribution is 1.88. The van der Waals surface area contributed by atoms with Crippen LogP contribution in [0.4, 0.5) is 0 Å². The first-order valence-electron chi connectivity index (χ1n) is 6.35. The zero-order valence-corrected chi connectivity index (χ0v) is 11.5. The lowest BCUT2D eigenvalue weighted by Crippen LogP contribution is -2.28. The molecule has 0 fully saturated rings. The topological polar surface area (TPSA) is 68.0 Å². The molecule has 0 bridgehead atoms. The van der Waals surface area contributed by atoms with Gasteiger partial charge in [-0.05, 0) is 26.9 Å². The number of rotatable bonds is 11. The minimum absolute atomic E-state index is 0.266. The van der Waals surface area contributed by atoms with Crippen molar-refractivity contribution in [3.05, 3.63) is 0 Å². The molecule has 0 aromatic rings. The summed E-state index contributed by atoms with van der Waals surface area (Å²) in [4.78, 5) is 2.13. The van der Waals surface area contributed by atoms with Crippen molar-refractivity contribution in [2.75, 3.05) is 53.1 Å². The van der Waals surface area contributed by atoms with Gasteiger partial charge in [0.25, 0.3) is 0 Å². The molecule has 1 unspecified atom stereocenters. The van der Waals surface area contributed by atoms with E-state index in [0.717, 1.165) is 26.1 Å². The molecule has 0 saturated heterocycles. The van der Waals surface area contributed by atoms with Crippen LogP contribution >= 0.6 is 0 Å². The Kier molecular flexibility index (Phi) is 12.4. The molecule has 0 rings (SSSR count). The molecule has 18 heavy (non-hydrogen) atoms. The Labute approximate surface area is 110 Å². The van der Waals surface area contributed by atoms with Gasteiger partial charge in [0.1, 0.15) is 6.10 Å². The maximum absolute atomic E-state index is 9.30. The summed E-state index contributed by atoms with van der Waals surface area (Å²) in [7, 11) is 2.01. The predicted octanol–water partition coefficient (Wildman–Crippen LogP) is -0.316. The number of hydrogen-bond acceptors (Lipinski definition) is 5. The van der Waals surface area contributed by atoms with Crippen LogP contribution in [0, 0.1) is 11.8 Å². The SMILES string of the molecule is CC#CC(O)COCCN(C)CCOCCCN. The van der Waals surface area contributed by atoms with Gasteiger partial charge in [-0.1, -0.05) is 5.92 Å². The molecule has 3 N–H and O–H groups in total. The lowest BCUT2D eigenvalue weighted by Gasteiger charge is -2.16. The molecule has 1 atom stereocenters. The quantitative estimate of drug-likeness (QED) is 0.393. The molecule has 5 nitrogen and oxygen atoms in total. The molecule has 0 aliphatic heterocycles. The molecule has 5 heteroatoms. The standard InChI is InChI=1S/C13H26N2O3/c1-3-5-13(16)12-18-11-8-15(2)7-10-17-9-4-6-14/h13,16H,4,6-12,14H2,1-2H3. The lowest BCUT2D eigenvalue weighted by atomic mass is 10.4. The Hall–Kier alpha value is -0.640. The van der Waals surface area contributed by atoms with Gasteiger partial charge in [0, 0.05) is 19.7 Å². The summed E-state index contributed by atoms with van der Waals surface area (Å²) in [6, 6.07) is 0. The molecule has 0 amide bonds.